The Morgan fingerprint density at radius 2 is 2.09 bits per heavy atom. The van der Waals surface area contributed by atoms with Crippen molar-refractivity contribution in [3.63, 3.8) is 0 Å². The molecule has 1 N–H and O–H groups in total. The molecule has 1 aromatic carbocycles. The van der Waals surface area contributed by atoms with Gasteiger partial charge in [0.15, 0.2) is 0 Å². The molecule has 2 rings (SSSR count). The van der Waals surface area contributed by atoms with Crippen LogP contribution < -0.4 is 10.2 Å². The lowest BCUT2D eigenvalue weighted by molar-refractivity contribution is -0.121. The third-order valence-corrected chi connectivity index (χ3v) is 3.75. The van der Waals surface area contributed by atoms with Crippen molar-refractivity contribution < 1.29 is 4.79 Å². The van der Waals surface area contributed by atoms with E-state index >= 15 is 0 Å². The number of likely N-dealkylation sites (N-methyl/N-ethyl adjacent to an activating group) is 1. The Hall–Kier alpha value is -2.30. The van der Waals surface area contributed by atoms with Gasteiger partial charge in [-0.15, -0.1) is 0 Å². The number of rotatable bonds is 7. The summed E-state index contributed by atoms with van der Waals surface area (Å²) in [5.74, 6) is 0.0569. The van der Waals surface area contributed by atoms with Crippen LogP contribution in [0.15, 0.2) is 42.7 Å². The first-order chi connectivity index (χ1) is 10.6. The average molecular weight is 300 g/mol. The van der Waals surface area contributed by atoms with Crippen LogP contribution in [0.2, 0.25) is 0 Å². The van der Waals surface area contributed by atoms with Crippen LogP contribution in [0.3, 0.4) is 0 Å². The van der Waals surface area contributed by atoms with Gasteiger partial charge in [0.25, 0.3) is 0 Å². The van der Waals surface area contributed by atoms with Gasteiger partial charge in [-0.05, 0) is 31.5 Å². The van der Waals surface area contributed by atoms with E-state index in [0.29, 0.717) is 19.5 Å². The molecule has 1 amide bonds. The fourth-order valence-electron chi connectivity index (χ4n) is 2.21. The van der Waals surface area contributed by atoms with Crippen LogP contribution in [0.5, 0.6) is 0 Å². The first kappa shape index (κ1) is 16.1. The summed E-state index contributed by atoms with van der Waals surface area (Å²) in [6, 6.07) is 10.4. The number of aryl methyl sites for hydroxylation is 2. The summed E-state index contributed by atoms with van der Waals surface area (Å²) in [7, 11) is 2.04. The van der Waals surface area contributed by atoms with E-state index in [2.05, 4.69) is 34.4 Å². The van der Waals surface area contributed by atoms with Gasteiger partial charge in [-0.25, -0.2) is 0 Å². The average Bonchev–Trinajstić information content (AvgIpc) is 2.96. The minimum atomic E-state index is 0.0569. The Morgan fingerprint density at radius 3 is 2.73 bits per heavy atom. The van der Waals surface area contributed by atoms with E-state index in [0.717, 1.165) is 11.3 Å². The maximum atomic E-state index is 11.9. The van der Waals surface area contributed by atoms with Gasteiger partial charge >= 0.3 is 0 Å². The quantitative estimate of drug-likeness (QED) is 0.853. The first-order valence-corrected chi connectivity index (χ1v) is 7.60. The van der Waals surface area contributed by atoms with E-state index in [1.54, 1.807) is 10.9 Å². The molecular weight excluding hydrogens is 276 g/mol. The molecule has 0 bridgehead atoms. The minimum Gasteiger partial charge on any atom is -0.370 e. The zero-order valence-corrected chi connectivity index (χ0v) is 13.5. The Morgan fingerprint density at radius 1 is 1.36 bits per heavy atom. The fourth-order valence-corrected chi connectivity index (χ4v) is 2.21. The molecule has 1 aromatic heterocycles. The molecule has 2 aromatic rings. The van der Waals surface area contributed by atoms with Crippen molar-refractivity contribution in [2.75, 3.05) is 18.5 Å². The number of hydrogen-bond acceptors (Lipinski definition) is 3. The maximum absolute atomic E-state index is 11.9. The van der Waals surface area contributed by atoms with Crippen LogP contribution in [0, 0.1) is 6.92 Å². The molecule has 0 aliphatic carbocycles. The van der Waals surface area contributed by atoms with Crippen LogP contribution >= 0.6 is 0 Å². The molecule has 1 heterocycles. The number of carbonyl (C=O) groups is 1. The summed E-state index contributed by atoms with van der Waals surface area (Å²) < 4.78 is 1.80. The molecule has 118 valence electrons. The number of anilines is 1. The number of amides is 1. The molecule has 1 atom stereocenters. The SMILES string of the molecule is Cc1cnn(CCC(=O)NCC(C)N(C)c2ccccc2)c1. The maximum Gasteiger partial charge on any atom is 0.221 e. The van der Waals surface area contributed by atoms with Crippen molar-refractivity contribution >= 4 is 11.6 Å². The number of hydrogen-bond donors (Lipinski definition) is 1. The second-order valence-electron chi connectivity index (χ2n) is 5.63. The number of para-hydroxylation sites is 1. The molecule has 0 radical (unpaired) electrons. The minimum absolute atomic E-state index is 0.0569. The predicted octanol–water partition coefficient (Wildman–Crippen LogP) is 2.22. The largest absolute Gasteiger partial charge is 0.370 e. The van der Waals surface area contributed by atoms with E-state index < -0.39 is 0 Å². The molecular formula is C17H24N4O. The highest BCUT2D eigenvalue weighted by atomic mass is 16.1. The molecule has 0 aliphatic rings. The number of aromatic nitrogens is 2. The van der Waals surface area contributed by atoms with Crippen molar-refractivity contribution in [1.29, 1.82) is 0 Å². The van der Waals surface area contributed by atoms with Gasteiger partial charge in [-0.1, -0.05) is 18.2 Å². The van der Waals surface area contributed by atoms with Gasteiger partial charge in [0, 0.05) is 44.5 Å². The van der Waals surface area contributed by atoms with Crippen LogP contribution in [0.4, 0.5) is 5.69 Å². The van der Waals surface area contributed by atoms with E-state index in [9.17, 15) is 4.79 Å². The van der Waals surface area contributed by atoms with Gasteiger partial charge in [-0.2, -0.15) is 5.10 Å². The third-order valence-electron chi connectivity index (χ3n) is 3.75. The molecule has 22 heavy (non-hydrogen) atoms. The van der Waals surface area contributed by atoms with Crippen molar-refractivity contribution in [2.45, 2.75) is 32.9 Å². The molecule has 1 unspecified atom stereocenters. The molecule has 0 fully saturated rings. The van der Waals surface area contributed by atoms with Gasteiger partial charge in [0.1, 0.15) is 0 Å². The van der Waals surface area contributed by atoms with E-state index in [-0.39, 0.29) is 11.9 Å². The predicted molar refractivity (Wildman–Crippen MR) is 88.9 cm³/mol. The molecule has 5 heteroatoms. The Bertz CT molecular complexity index is 594. The van der Waals surface area contributed by atoms with Gasteiger partial charge < -0.3 is 10.2 Å². The third kappa shape index (κ3) is 4.62. The standard InChI is InChI=1S/C17H24N4O/c1-14-11-19-21(13-14)10-9-17(22)18-12-15(2)20(3)16-7-5-4-6-8-16/h4-8,11,13,15H,9-10,12H2,1-3H3,(H,18,22). The second kappa shape index (κ2) is 7.64. The smallest absolute Gasteiger partial charge is 0.221 e. The van der Waals surface area contributed by atoms with Gasteiger partial charge in [0.05, 0.1) is 6.20 Å². The van der Waals surface area contributed by atoms with Crippen molar-refractivity contribution in [2.24, 2.45) is 0 Å². The Kier molecular flexibility index (Phi) is 5.58. The van der Waals surface area contributed by atoms with Crippen molar-refractivity contribution in [1.82, 2.24) is 15.1 Å². The Labute approximate surface area is 131 Å². The molecule has 0 saturated carbocycles. The summed E-state index contributed by atoms with van der Waals surface area (Å²) in [5.41, 5.74) is 2.26. The number of nitrogens with zero attached hydrogens (tertiary/aromatic N) is 3. The van der Waals surface area contributed by atoms with Gasteiger partial charge in [0.2, 0.25) is 5.91 Å². The molecule has 5 nitrogen and oxygen atoms in total. The van der Waals surface area contributed by atoms with Crippen LogP contribution in [0.1, 0.15) is 18.9 Å². The normalized spacial score (nSPS) is 12.0. The molecule has 0 spiro atoms. The lowest BCUT2D eigenvalue weighted by Crippen LogP contribution is -2.40. The highest BCUT2D eigenvalue weighted by Gasteiger charge is 2.11. The summed E-state index contributed by atoms with van der Waals surface area (Å²) in [5, 5.41) is 7.17. The van der Waals surface area contributed by atoms with Crippen LogP contribution in [-0.4, -0.2) is 35.3 Å². The number of nitrogens with one attached hydrogen (secondary N) is 1. The molecule has 0 aliphatic heterocycles. The highest BCUT2D eigenvalue weighted by molar-refractivity contribution is 5.75. The van der Waals surface area contributed by atoms with E-state index in [1.807, 2.05) is 38.4 Å². The lowest BCUT2D eigenvalue weighted by Gasteiger charge is -2.27. The monoisotopic (exact) mass is 300 g/mol. The molecule has 0 saturated heterocycles. The summed E-state index contributed by atoms with van der Waals surface area (Å²) in [4.78, 5) is 14.1. The number of benzene rings is 1. The first-order valence-electron chi connectivity index (χ1n) is 7.60. The zero-order valence-electron chi connectivity index (χ0n) is 13.5. The highest BCUT2D eigenvalue weighted by Crippen LogP contribution is 2.13. The number of carbonyl (C=O) groups excluding carboxylic acids is 1. The topological polar surface area (TPSA) is 50.2 Å². The second-order valence-corrected chi connectivity index (χ2v) is 5.63. The van der Waals surface area contributed by atoms with Crippen LogP contribution in [0.25, 0.3) is 0 Å². The summed E-state index contributed by atoms with van der Waals surface area (Å²) in [6.07, 6.45) is 4.19. The van der Waals surface area contributed by atoms with E-state index in [1.165, 1.54) is 0 Å². The van der Waals surface area contributed by atoms with Crippen LogP contribution in [-0.2, 0) is 11.3 Å². The summed E-state index contributed by atoms with van der Waals surface area (Å²) >= 11 is 0. The lowest BCUT2D eigenvalue weighted by atomic mass is 10.2. The van der Waals surface area contributed by atoms with E-state index in [4.69, 9.17) is 0 Å². The van der Waals surface area contributed by atoms with Gasteiger partial charge in [-0.3, -0.25) is 9.48 Å². The Balaban J connectivity index is 1.73. The fraction of sp³-hybridized carbons (Fsp3) is 0.412. The summed E-state index contributed by atoms with van der Waals surface area (Å²) in [6.45, 7) is 5.33. The van der Waals surface area contributed by atoms with Crippen molar-refractivity contribution in [3.05, 3.63) is 48.3 Å². The van der Waals surface area contributed by atoms with Crippen molar-refractivity contribution in [3.8, 4) is 0 Å². The zero-order chi connectivity index (χ0) is 15.9.